The number of carbonyl (C=O) groups excluding carboxylic acids is 3. The van der Waals surface area contributed by atoms with E-state index in [0.29, 0.717) is 24.2 Å². The minimum Gasteiger partial charge on any atom is -0.508 e. The predicted octanol–water partition coefficient (Wildman–Crippen LogP) is 7.31. The largest absolute Gasteiger partial charge is 0.508 e. The Balaban J connectivity index is 0.000000183. The zero-order valence-electron chi connectivity index (χ0n) is 30.8. The lowest BCUT2D eigenvalue weighted by atomic mass is 9.38. The summed E-state index contributed by atoms with van der Waals surface area (Å²) in [5.41, 5.74) is -2.50. The van der Waals surface area contributed by atoms with E-state index >= 15 is 0 Å². The molecular formula is C43H42O11. The van der Waals surface area contributed by atoms with Crippen molar-refractivity contribution in [3.63, 3.8) is 0 Å². The maximum atomic E-state index is 14.3. The number of hydrogen-bond donors (Lipinski definition) is 3. The van der Waals surface area contributed by atoms with E-state index in [9.17, 15) is 34.5 Å². The summed E-state index contributed by atoms with van der Waals surface area (Å²) in [5.74, 6) is -1.89. The number of hydrogen-bond acceptors (Lipinski definition) is 11. The summed E-state index contributed by atoms with van der Waals surface area (Å²) in [6, 6.07) is 14.8. The van der Waals surface area contributed by atoms with Gasteiger partial charge in [0.2, 0.25) is 5.78 Å². The second-order valence-electron chi connectivity index (χ2n) is 16.5. The molecule has 9 rings (SSSR count). The van der Waals surface area contributed by atoms with Crippen molar-refractivity contribution >= 4 is 28.5 Å². The first-order valence-corrected chi connectivity index (χ1v) is 18.1. The van der Waals surface area contributed by atoms with Gasteiger partial charge in [0.05, 0.1) is 29.5 Å². The van der Waals surface area contributed by atoms with Crippen molar-refractivity contribution in [1.82, 2.24) is 0 Å². The molecule has 4 aromatic rings. The lowest BCUT2D eigenvalue weighted by molar-refractivity contribution is -0.200. The number of Topliss-reactive ketones (excluding diaryl/α,β-unsaturated/α-hetero) is 1. The first-order chi connectivity index (χ1) is 25.4. The molecule has 54 heavy (non-hydrogen) atoms. The number of allylic oxidation sites excluding steroid dienone is 4. The molecule has 11 nitrogen and oxygen atoms in total. The van der Waals surface area contributed by atoms with Gasteiger partial charge >= 0.3 is 5.97 Å². The van der Waals surface area contributed by atoms with E-state index in [4.69, 9.17) is 18.3 Å². The zero-order chi connectivity index (χ0) is 38.7. The third-order valence-electron chi connectivity index (χ3n) is 13.2. The van der Waals surface area contributed by atoms with Crippen LogP contribution in [0, 0.1) is 27.6 Å². The number of aliphatic hydroxyl groups is 1. The number of esters is 1. The summed E-state index contributed by atoms with van der Waals surface area (Å²) in [4.78, 5) is 51.6. The summed E-state index contributed by atoms with van der Waals surface area (Å²) in [7, 11) is 0. The Morgan fingerprint density at radius 3 is 2.33 bits per heavy atom. The van der Waals surface area contributed by atoms with E-state index in [-0.39, 0.29) is 51.5 Å². The molecule has 0 bridgehead atoms. The highest BCUT2D eigenvalue weighted by atomic mass is 16.6. The van der Waals surface area contributed by atoms with Gasteiger partial charge in [-0.05, 0) is 62.8 Å². The Hall–Kier alpha value is -5.42. The highest BCUT2D eigenvalue weighted by molar-refractivity contribution is 6.06. The molecule has 0 amide bonds. The zero-order valence-corrected chi connectivity index (χ0v) is 30.8. The summed E-state index contributed by atoms with van der Waals surface area (Å²) in [6.45, 7) is 10.8. The minimum atomic E-state index is -1.17. The predicted molar refractivity (Wildman–Crippen MR) is 195 cm³/mol. The van der Waals surface area contributed by atoms with Crippen molar-refractivity contribution in [2.75, 3.05) is 0 Å². The van der Waals surface area contributed by atoms with Crippen molar-refractivity contribution in [2.45, 2.75) is 78.1 Å². The van der Waals surface area contributed by atoms with Crippen molar-refractivity contribution < 1.29 is 48.0 Å². The molecule has 1 aliphatic heterocycles. The van der Waals surface area contributed by atoms with Gasteiger partial charge < -0.3 is 33.6 Å². The normalized spacial score (nSPS) is 34.3. The number of aromatic hydroxyl groups is 2. The first-order valence-electron chi connectivity index (χ1n) is 18.1. The number of aliphatic hydroxyl groups excluding tert-OH is 1. The average Bonchev–Trinajstić information content (AvgIpc) is 3.46. The second kappa shape index (κ2) is 11.5. The molecule has 3 fully saturated rings. The molecule has 0 radical (unpaired) electrons. The van der Waals surface area contributed by atoms with Gasteiger partial charge in [0.25, 0.3) is 0 Å². The SMILES string of the molecule is CC(=O)OC1CC2(C)C(c3ccoc3)CC3OC32C2(C)C(=O)C(O)=C3C(C)(C)C(=O)C=CC3(C)C12.O=c1cc(-c2ccccc2)oc2cc(O)cc(O)c12. The molecule has 2 aromatic heterocycles. The van der Waals surface area contributed by atoms with Gasteiger partial charge in [-0.3, -0.25) is 19.2 Å². The fourth-order valence-corrected chi connectivity index (χ4v) is 11.2. The smallest absolute Gasteiger partial charge is 0.302 e. The summed E-state index contributed by atoms with van der Waals surface area (Å²) < 4.78 is 23.5. The molecule has 8 atom stereocenters. The number of rotatable bonds is 3. The van der Waals surface area contributed by atoms with Crippen LogP contribution in [0.15, 0.2) is 104 Å². The van der Waals surface area contributed by atoms with E-state index in [1.807, 2.05) is 50.2 Å². The number of phenols is 2. The van der Waals surface area contributed by atoms with Crippen LogP contribution in [-0.2, 0) is 23.9 Å². The topological polar surface area (TPSA) is 177 Å². The van der Waals surface area contributed by atoms with Crippen molar-refractivity contribution in [2.24, 2.45) is 27.6 Å². The second-order valence-corrected chi connectivity index (χ2v) is 16.5. The lowest BCUT2D eigenvalue weighted by Crippen LogP contribution is -2.70. The third-order valence-corrected chi connectivity index (χ3v) is 13.2. The number of epoxide rings is 1. The van der Waals surface area contributed by atoms with Crippen LogP contribution < -0.4 is 5.43 Å². The molecule has 5 aliphatic rings. The molecule has 1 spiro atoms. The number of furan rings is 1. The maximum absolute atomic E-state index is 14.3. The number of ether oxygens (including phenoxy) is 2. The summed E-state index contributed by atoms with van der Waals surface area (Å²) >= 11 is 0. The van der Waals surface area contributed by atoms with Gasteiger partial charge in [-0.15, -0.1) is 0 Å². The molecule has 1 saturated heterocycles. The quantitative estimate of drug-likeness (QED) is 0.142. The number of carbonyl (C=O) groups is 3. The Labute approximate surface area is 310 Å². The van der Waals surface area contributed by atoms with Crippen LogP contribution in [0.5, 0.6) is 11.5 Å². The van der Waals surface area contributed by atoms with Gasteiger partial charge in [-0.25, -0.2) is 0 Å². The lowest BCUT2D eigenvalue weighted by Gasteiger charge is -2.64. The van der Waals surface area contributed by atoms with Crippen LogP contribution in [0.3, 0.4) is 0 Å². The molecule has 3 N–H and O–H groups in total. The fourth-order valence-electron chi connectivity index (χ4n) is 11.2. The number of ketones is 2. The van der Waals surface area contributed by atoms with Crippen LogP contribution in [0.25, 0.3) is 22.3 Å². The summed E-state index contributed by atoms with van der Waals surface area (Å²) in [5, 5.41) is 30.7. The van der Waals surface area contributed by atoms with Gasteiger partial charge in [0.1, 0.15) is 39.9 Å². The van der Waals surface area contributed by atoms with Crippen molar-refractivity contribution in [3.8, 4) is 22.8 Å². The van der Waals surface area contributed by atoms with Crippen LogP contribution in [0.1, 0.15) is 65.9 Å². The van der Waals surface area contributed by atoms with Crippen LogP contribution in [0.2, 0.25) is 0 Å². The molecule has 280 valence electrons. The number of phenolic OH excluding ortho intramolecular Hbond substituents is 2. The fraction of sp³-hybridized carbons (Fsp3) is 0.395. The van der Waals surface area contributed by atoms with Gasteiger partial charge in [-0.2, -0.15) is 0 Å². The van der Waals surface area contributed by atoms with Crippen molar-refractivity contribution in [1.29, 1.82) is 0 Å². The van der Waals surface area contributed by atoms with Crippen LogP contribution in [-0.4, -0.2) is 50.7 Å². The molecule has 8 unspecified atom stereocenters. The first kappa shape index (κ1) is 35.6. The summed E-state index contributed by atoms with van der Waals surface area (Å²) in [6.07, 6.45) is 7.17. The van der Waals surface area contributed by atoms with E-state index in [1.165, 1.54) is 19.1 Å². The molecular weight excluding hydrogens is 692 g/mol. The Bertz CT molecular complexity index is 2370. The minimum absolute atomic E-state index is 0.0453. The Morgan fingerprint density at radius 2 is 1.67 bits per heavy atom. The number of fused-ring (bicyclic) bond motifs is 4. The van der Waals surface area contributed by atoms with Gasteiger partial charge in [0.15, 0.2) is 17.0 Å². The van der Waals surface area contributed by atoms with E-state index < -0.39 is 51.0 Å². The Morgan fingerprint density at radius 1 is 0.944 bits per heavy atom. The molecule has 4 aliphatic carbocycles. The Kier molecular flexibility index (Phi) is 7.61. The highest BCUT2D eigenvalue weighted by Crippen LogP contribution is 2.81. The average molecular weight is 735 g/mol. The monoisotopic (exact) mass is 734 g/mol. The number of benzene rings is 2. The molecule has 11 heteroatoms. The molecule has 3 heterocycles. The molecule has 2 saturated carbocycles. The maximum Gasteiger partial charge on any atom is 0.302 e. The van der Waals surface area contributed by atoms with Crippen LogP contribution in [0.4, 0.5) is 0 Å². The third kappa shape index (κ3) is 4.57. The van der Waals surface area contributed by atoms with Crippen molar-refractivity contribution in [3.05, 3.63) is 106 Å². The highest BCUT2D eigenvalue weighted by Gasteiger charge is 2.89. The van der Waals surface area contributed by atoms with Gasteiger partial charge in [0, 0.05) is 47.4 Å². The van der Waals surface area contributed by atoms with E-state index in [1.54, 1.807) is 38.5 Å². The van der Waals surface area contributed by atoms with Gasteiger partial charge in [-0.1, -0.05) is 50.3 Å². The van der Waals surface area contributed by atoms with E-state index in [0.717, 1.165) is 17.2 Å². The molecule has 2 aromatic carbocycles. The van der Waals surface area contributed by atoms with E-state index in [2.05, 4.69) is 6.92 Å². The van der Waals surface area contributed by atoms with Crippen LogP contribution >= 0.6 is 0 Å². The standard InChI is InChI=1S/C28H32O7.C15H10O4/c1-14(29)34-17-12-26(5)16(15-8-10-33-13-15)11-19-28(26,35-19)27(6)21(17)25(4)9-7-18(30)24(2,3)22(25)20(31)23(27)32;16-10-6-11(17)15-12(18)8-13(19-14(15)7-10)9-4-2-1-3-5-9/h7-10,13,16-17,19,21,31H,11-12H2,1-6H3;1-8,16-17H.